The summed E-state index contributed by atoms with van der Waals surface area (Å²) in [4.78, 5) is 11.0. The van der Waals surface area contributed by atoms with Gasteiger partial charge in [0, 0.05) is 18.3 Å². The average molecular weight is 270 g/mol. The van der Waals surface area contributed by atoms with Gasteiger partial charge in [-0.15, -0.1) is 0 Å². The molecule has 2 aliphatic heterocycles. The van der Waals surface area contributed by atoms with Crippen molar-refractivity contribution in [3.05, 3.63) is 35.8 Å². The van der Waals surface area contributed by atoms with E-state index in [-0.39, 0.29) is 5.66 Å². The first-order valence-electron chi connectivity index (χ1n) is 7.42. The summed E-state index contributed by atoms with van der Waals surface area (Å²) in [6, 6.07) is 0. The van der Waals surface area contributed by atoms with Crippen molar-refractivity contribution in [2.45, 2.75) is 44.7 Å². The third-order valence-electron chi connectivity index (χ3n) is 4.34. The minimum absolute atomic E-state index is 0.0219. The topological polar surface area (TPSA) is 40.0 Å². The number of aliphatic imine (C=N–C) groups is 2. The summed E-state index contributed by atoms with van der Waals surface area (Å²) in [5, 5.41) is 3.63. The van der Waals surface area contributed by atoms with Crippen molar-refractivity contribution in [2.24, 2.45) is 9.98 Å². The largest absolute Gasteiger partial charge is 0.361 e. The van der Waals surface area contributed by atoms with Gasteiger partial charge in [0.25, 0.3) is 0 Å². The highest BCUT2D eigenvalue weighted by atomic mass is 15.4. The smallest absolute Gasteiger partial charge is 0.139 e. The molecule has 1 N–H and O–H groups in total. The predicted molar refractivity (Wildman–Crippen MR) is 83.6 cm³/mol. The number of nitrogens with zero attached hydrogens (tertiary/aromatic N) is 3. The van der Waals surface area contributed by atoms with Gasteiger partial charge in [-0.25, -0.2) is 0 Å². The number of nitrogens with one attached hydrogen (secondary N) is 1. The summed E-state index contributed by atoms with van der Waals surface area (Å²) in [5.41, 5.74) is 3.17. The maximum absolute atomic E-state index is 4.70. The van der Waals surface area contributed by atoms with Crippen LogP contribution in [0.3, 0.4) is 0 Å². The molecule has 0 aromatic carbocycles. The summed E-state index contributed by atoms with van der Waals surface area (Å²) in [7, 11) is 0. The minimum Gasteiger partial charge on any atom is -0.361 e. The zero-order chi connectivity index (χ0) is 14.2. The van der Waals surface area contributed by atoms with E-state index in [2.05, 4.69) is 41.5 Å². The minimum atomic E-state index is -0.0219. The number of fused-ring (bicyclic) bond motifs is 2. The van der Waals surface area contributed by atoms with Gasteiger partial charge in [-0.05, 0) is 45.4 Å². The van der Waals surface area contributed by atoms with Gasteiger partial charge >= 0.3 is 0 Å². The van der Waals surface area contributed by atoms with Gasteiger partial charge in [-0.1, -0.05) is 13.0 Å². The molecule has 0 amide bonds. The lowest BCUT2D eigenvalue weighted by Gasteiger charge is -2.41. The van der Waals surface area contributed by atoms with Crippen LogP contribution in [0.15, 0.2) is 45.8 Å². The van der Waals surface area contributed by atoms with Gasteiger partial charge in [-0.2, -0.15) is 0 Å². The molecule has 3 rings (SSSR count). The Morgan fingerprint density at radius 2 is 2.15 bits per heavy atom. The summed E-state index contributed by atoms with van der Waals surface area (Å²) in [5.74, 6) is 1.02. The Morgan fingerprint density at radius 1 is 1.40 bits per heavy atom. The molecule has 1 aliphatic carbocycles. The van der Waals surface area contributed by atoms with Gasteiger partial charge in [0.2, 0.25) is 0 Å². The Balaban J connectivity index is 2.07. The molecule has 0 radical (unpaired) electrons. The first-order chi connectivity index (χ1) is 9.72. The highest BCUT2D eigenvalue weighted by Gasteiger charge is 2.50. The molecule has 2 fully saturated rings. The van der Waals surface area contributed by atoms with Crippen LogP contribution in [-0.4, -0.2) is 29.7 Å². The molecule has 0 atom stereocenters. The molecule has 4 heteroatoms. The molecule has 1 saturated heterocycles. The SMILES string of the molecule is C=N/C=C1/C=C2C(=C)NC3(CCCCC3)N2C1=NCC. The Kier molecular flexibility index (Phi) is 3.24. The predicted octanol–water partition coefficient (Wildman–Crippen LogP) is 2.97. The first kappa shape index (κ1) is 13.2. The maximum atomic E-state index is 4.70. The number of hydrogen-bond acceptors (Lipinski definition) is 3. The molecule has 0 bridgehead atoms. The fourth-order valence-corrected chi connectivity index (χ4v) is 3.57. The second-order valence-electron chi connectivity index (χ2n) is 5.63. The Bertz CT molecular complexity index is 533. The van der Waals surface area contributed by atoms with Crippen LogP contribution in [0.25, 0.3) is 0 Å². The Labute approximate surface area is 120 Å². The lowest BCUT2D eigenvalue weighted by Crippen LogP contribution is -2.53. The van der Waals surface area contributed by atoms with Crippen molar-refractivity contribution < 1.29 is 0 Å². The first-order valence-corrected chi connectivity index (χ1v) is 7.42. The van der Waals surface area contributed by atoms with E-state index in [1.807, 2.05) is 0 Å². The molecule has 1 spiro atoms. The fourth-order valence-electron chi connectivity index (χ4n) is 3.57. The highest BCUT2D eigenvalue weighted by Crippen LogP contribution is 2.45. The van der Waals surface area contributed by atoms with Crippen LogP contribution in [0.4, 0.5) is 0 Å². The van der Waals surface area contributed by atoms with Crippen molar-refractivity contribution in [1.82, 2.24) is 10.2 Å². The number of amidine groups is 1. The van der Waals surface area contributed by atoms with Crippen molar-refractivity contribution in [2.75, 3.05) is 6.54 Å². The quantitative estimate of drug-likeness (QED) is 0.784. The summed E-state index contributed by atoms with van der Waals surface area (Å²) < 4.78 is 0. The van der Waals surface area contributed by atoms with Gasteiger partial charge in [0.1, 0.15) is 11.5 Å². The lowest BCUT2D eigenvalue weighted by molar-refractivity contribution is 0.155. The molecule has 0 unspecified atom stereocenters. The zero-order valence-electron chi connectivity index (χ0n) is 12.2. The molecule has 0 aromatic rings. The van der Waals surface area contributed by atoms with E-state index in [9.17, 15) is 0 Å². The third-order valence-corrected chi connectivity index (χ3v) is 4.34. The monoisotopic (exact) mass is 270 g/mol. The summed E-state index contributed by atoms with van der Waals surface area (Å²) in [6.45, 7) is 10.6. The van der Waals surface area contributed by atoms with Crippen molar-refractivity contribution in [3.8, 4) is 0 Å². The van der Waals surface area contributed by atoms with E-state index in [0.717, 1.165) is 42.2 Å². The number of rotatable bonds is 2. The van der Waals surface area contributed by atoms with Crippen LogP contribution >= 0.6 is 0 Å². The van der Waals surface area contributed by atoms with E-state index in [1.54, 1.807) is 6.20 Å². The molecule has 1 saturated carbocycles. The van der Waals surface area contributed by atoms with E-state index < -0.39 is 0 Å². The second kappa shape index (κ2) is 4.93. The molecule has 4 nitrogen and oxygen atoms in total. The fraction of sp³-hybridized carbons (Fsp3) is 0.500. The van der Waals surface area contributed by atoms with Gasteiger partial charge in [0.15, 0.2) is 0 Å². The molecule has 2 heterocycles. The van der Waals surface area contributed by atoms with Crippen molar-refractivity contribution in [1.29, 1.82) is 0 Å². The van der Waals surface area contributed by atoms with E-state index in [1.165, 1.54) is 19.3 Å². The lowest BCUT2D eigenvalue weighted by atomic mass is 9.88. The van der Waals surface area contributed by atoms with Crippen LogP contribution in [0.2, 0.25) is 0 Å². The number of hydrogen-bond donors (Lipinski definition) is 1. The van der Waals surface area contributed by atoms with E-state index in [4.69, 9.17) is 4.99 Å². The van der Waals surface area contributed by atoms with Crippen LogP contribution in [0.1, 0.15) is 39.0 Å². The molecule has 20 heavy (non-hydrogen) atoms. The molecule has 3 aliphatic rings. The molecular weight excluding hydrogens is 248 g/mol. The van der Waals surface area contributed by atoms with Crippen LogP contribution in [-0.2, 0) is 0 Å². The van der Waals surface area contributed by atoms with Crippen molar-refractivity contribution >= 4 is 12.6 Å². The standard InChI is InChI=1S/C16H22N4/c1-4-18-15-13(11-17-3)10-14-12(2)19-16(20(14)15)8-6-5-7-9-16/h10-11,19H,2-9H2,1H3/b13-11-,18-15?. The zero-order valence-corrected chi connectivity index (χ0v) is 12.2. The van der Waals surface area contributed by atoms with Crippen LogP contribution in [0, 0.1) is 0 Å². The average Bonchev–Trinajstić information content (AvgIpc) is 2.91. The maximum Gasteiger partial charge on any atom is 0.139 e. The summed E-state index contributed by atoms with van der Waals surface area (Å²) in [6.07, 6.45) is 10.0. The highest BCUT2D eigenvalue weighted by molar-refractivity contribution is 6.06. The van der Waals surface area contributed by atoms with Crippen molar-refractivity contribution in [3.63, 3.8) is 0 Å². The molecule has 106 valence electrons. The van der Waals surface area contributed by atoms with Crippen LogP contribution < -0.4 is 5.32 Å². The Morgan fingerprint density at radius 3 is 2.80 bits per heavy atom. The molecule has 0 aromatic heterocycles. The van der Waals surface area contributed by atoms with Crippen LogP contribution in [0.5, 0.6) is 0 Å². The van der Waals surface area contributed by atoms with Gasteiger partial charge in [0.05, 0.1) is 11.4 Å². The second-order valence-corrected chi connectivity index (χ2v) is 5.63. The normalized spacial score (nSPS) is 27.9. The van der Waals surface area contributed by atoms with E-state index in [0.29, 0.717) is 0 Å². The molecular formula is C16H22N4. The summed E-state index contributed by atoms with van der Waals surface area (Å²) >= 11 is 0. The Hall–Kier alpha value is -1.84. The third kappa shape index (κ3) is 1.82. The van der Waals surface area contributed by atoms with Gasteiger partial charge < -0.3 is 10.2 Å². The van der Waals surface area contributed by atoms with Gasteiger partial charge in [-0.3, -0.25) is 9.98 Å². The van der Waals surface area contributed by atoms with E-state index >= 15 is 0 Å².